The van der Waals surface area contributed by atoms with Crippen molar-refractivity contribution in [1.29, 1.82) is 0 Å². The second kappa shape index (κ2) is 3.90. The number of thiophene rings is 1. The molecule has 0 amide bonds. The van der Waals surface area contributed by atoms with Gasteiger partial charge < -0.3 is 10.3 Å². The van der Waals surface area contributed by atoms with Crippen LogP contribution in [0.3, 0.4) is 0 Å². The first-order valence-electron chi connectivity index (χ1n) is 5.20. The summed E-state index contributed by atoms with van der Waals surface area (Å²) in [5.41, 5.74) is 7.97. The number of aryl methyl sites for hydroxylation is 1. The summed E-state index contributed by atoms with van der Waals surface area (Å²) in [5.74, 6) is 1.51. The van der Waals surface area contributed by atoms with Crippen LogP contribution in [0.1, 0.15) is 36.0 Å². The molecule has 2 aromatic heterocycles. The van der Waals surface area contributed by atoms with E-state index in [1.165, 1.54) is 4.88 Å². The van der Waals surface area contributed by atoms with E-state index in [-0.39, 0.29) is 5.92 Å². The lowest BCUT2D eigenvalue weighted by Crippen LogP contribution is -1.90. The summed E-state index contributed by atoms with van der Waals surface area (Å²) >= 11 is 1.56. The van der Waals surface area contributed by atoms with Gasteiger partial charge in [0.25, 0.3) is 5.89 Å². The lowest BCUT2D eigenvalue weighted by molar-refractivity contribution is 0.419. The van der Waals surface area contributed by atoms with Gasteiger partial charge in [-0.3, -0.25) is 0 Å². The average molecular weight is 237 g/mol. The molecule has 0 fully saturated rings. The van der Waals surface area contributed by atoms with Gasteiger partial charge in [0.1, 0.15) is 0 Å². The molecule has 2 aromatic rings. The molecule has 16 heavy (non-hydrogen) atoms. The Labute approximate surface area is 98.5 Å². The van der Waals surface area contributed by atoms with Crippen molar-refractivity contribution in [3.8, 4) is 11.5 Å². The Balaban J connectivity index is 2.50. The highest BCUT2D eigenvalue weighted by molar-refractivity contribution is 7.16. The van der Waals surface area contributed by atoms with Crippen molar-refractivity contribution in [2.24, 2.45) is 0 Å². The molecule has 86 valence electrons. The van der Waals surface area contributed by atoms with E-state index in [9.17, 15) is 0 Å². The molecule has 0 saturated carbocycles. The first kappa shape index (κ1) is 11.1. The van der Waals surface area contributed by atoms with Crippen LogP contribution in [0.4, 0.5) is 5.00 Å². The van der Waals surface area contributed by atoms with Gasteiger partial charge in [0, 0.05) is 10.8 Å². The Hall–Kier alpha value is -1.36. The monoisotopic (exact) mass is 237 g/mol. The molecule has 4 nitrogen and oxygen atoms in total. The summed E-state index contributed by atoms with van der Waals surface area (Å²) < 4.78 is 5.25. The third-order valence-electron chi connectivity index (χ3n) is 2.58. The van der Waals surface area contributed by atoms with Crippen molar-refractivity contribution in [3.63, 3.8) is 0 Å². The number of nitrogen functional groups attached to an aromatic ring is 1. The molecule has 2 rings (SSSR count). The van der Waals surface area contributed by atoms with Crippen molar-refractivity contribution in [2.75, 3.05) is 5.73 Å². The first-order chi connectivity index (χ1) is 7.50. The zero-order valence-electron chi connectivity index (χ0n) is 9.87. The van der Waals surface area contributed by atoms with Crippen LogP contribution in [0.15, 0.2) is 4.52 Å². The molecule has 0 bridgehead atoms. The van der Waals surface area contributed by atoms with Gasteiger partial charge in [-0.15, -0.1) is 11.3 Å². The van der Waals surface area contributed by atoms with Gasteiger partial charge in [-0.25, -0.2) is 0 Å². The lowest BCUT2D eigenvalue weighted by Gasteiger charge is -1.95. The molecule has 0 aliphatic heterocycles. The molecule has 0 aliphatic rings. The molecule has 0 atom stereocenters. The minimum atomic E-state index is 0.263. The van der Waals surface area contributed by atoms with Gasteiger partial charge in [0.2, 0.25) is 0 Å². The van der Waals surface area contributed by atoms with E-state index in [2.05, 4.69) is 10.1 Å². The summed E-state index contributed by atoms with van der Waals surface area (Å²) in [4.78, 5) is 5.56. The Morgan fingerprint density at radius 3 is 2.44 bits per heavy atom. The number of nitrogens with two attached hydrogens (primary N) is 1. The van der Waals surface area contributed by atoms with Gasteiger partial charge >= 0.3 is 0 Å². The molecule has 0 unspecified atom stereocenters. The van der Waals surface area contributed by atoms with Crippen LogP contribution < -0.4 is 5.73 Å². The number of rotatable bonds is 2. The van der Waals surface area contributed by atoms with Crippen molar-refractivity contribution < 1.29 is 4.52 Å². The number of anilines is 1. The summed E-state index contributed by atoms with van der Waals surface area (Å²) in [7, 11) is 0. The molecule has 0 aromatic carbocycles. The van der Waals surface area contributed by atoms with Gasteiger partial charge in [0.15, 0.2) is 5.82 Å². The number of hydrogen-bond donors (Lipinski definition) is 1. The molecule has 0 saturated heterocycles. The average Bonchev–Trinajstić information content (AvgIpc) is 2.74. The third kappa shape index (κ3) is 1.71. The summed E-state index contributed by atoms with van der Waals surface area (Å²) in [6.07, 6.45) is 0. The minimum Gasteiger partial charge on any atom is -0.390 e. The van der Waals surface area contributed by atoms with Gasteiger partial charge in [-0.05, 0) is 19.4 Å². The predicted molar refractivity (Wildman–Crippen MR) is 65.6 cm³/mol. The molecular formula is C11H15N3OS. The minimum absolute atomic E-state index is 0.263. The number of hydrogen-bond acceptors (Lipinski definition) is 5. The van der Waals surface area contributed by atoms with Crippen LogP contribution in [-0.4, -0.2) is 10.1 Å². The first-order valence-corrected chi connectivity index (χ1v) is 6.01. The second-order valence-corrected chi connectivity index (χ2v) is 5.39. The predicted octanol–water partition coefficient (Wildman–Crippen LogP) is 3.12. The van der Waals surface area contributed by atoms with Crippen molar-refractivity contribution >= 4 is 16.3 Å². The molecule has 2 heterocycles. The summed E-state index contributed by atoms with van der Waals surface area (Å²) in [6.45, 7) is 8.13. The standard InChI is InChI=1S/C11H15N3OS/c1-5(2)10-13-11(15-14-10)8-6(3)7(4)16-9(8)12/h5H,12H2,1-4H3. The van der Waals surface area contributed by atoms with E-state index in [0.29, 0.717) is 5.89 Å². The van der Waals surface area contributed by atoms with E-state index < -0.39 is 0 Å². The third-order valence-corrected chi connectivity index (χ3v) is 3.62. The van der Waals surface area contributed by atoms with Crippen molar-refractivity contribution in [1.82, 2.24) is 10.1 Å². The van der Waals surface area contributed by atoms with Gasteiger partial charge in [-0.1, -0.05) is 19.0 Å². The highest BCUT2D eigenvalue weighted by atomic mass is 32.1. The smallest absolute Gasteiger partial charge is 0.261 e. The fourth-order valence-electron chi connectivity index (χ4n) is 1.49. The Bertz CT molecular complexity index is 513. The fourth-order valence-corrected chi connectivity index (χ4v) is 2.42. The second-order valence-electron chi connectivity index (χ2n) is 4.13. The number of aromatic nitrogens is 2. The highest BCUT2D eigenvalue weighted by Gasteiger charge is 2.19. The van der Waals surface area contributed by atoms with Gasteiger partial charge in [-0.2, -0.15) is 4.98 Å². The summed E-state index contributed by atoms with van der Waals surface area (Å²) in [6, 6.07) is 0. The molecule has 5 heteroatoms. The molecule has 2 N–H and O–H groups in total. The largest absolute Gasteiger partial charge is 0.390 e. The van der Waals surface area contributed by atoms with Crippen LogP contribution in [0, 0.1) is 13.8 Å². The maximum atomic E-state index is 5.95. The lowest BCUT2D eigenvalue weighted by atomic mass is 10.1. The van der Waals surface area contributed by atoms with Crippen LogP contribution in [0.5, 0.6) is 0 Å². The van der Waals surface area contributed by atoms with E-state index in [1.807, 2.05) is 27.7 Å². The van der Waals surface area contributed by atoms with Crippen molar-refractivity contribution in [2.45, 2.75) is 33.6 Å². The van der Waals surface area contributed by atoms with Crippen LogP contribution in [0.25, 0.3) is 11.5 Å². The molecule has 0 radical (unpaired) electrons. The summed E-state index contributed by atoms with van der Waals surface area (Å²) in [5, 5.41) is 4.69. The Morgan fingerprint density at radius 1 is 1.31 bits per heavy atom. The van der Waals surface area contributed by atoms with E-state index in [1.54, 1.807) is 11.3 Å². The van der Waals surface area contributed by atoms with E-state index in [0.717, 1.165) is 22.0 Å². The fraction of sp³-hybridized carbons (Fsp3) is 0.455. The Kier molecular flexibility index (Phi) is 2.71. The van der Waals surface area contributed by atoms with E-state index in [4.69, 9.17) is 10.3 Å². The SMILES string of the molecule is Cc1sc(N)c(-c2nc(C(C)C)no2)c1C. The maximum absolute atomic E-state index is 5.95. The van der Waals surface area contributed by atoms with Gasteiger partial charge in [0.05, 0.1) is 10.6 Å². The normalized spacial score (nSPS) is 11.3. The zero-order valence-corrected chi connectivity index (χ0v) is 10.7. The van der Waals surface area contributed by atoms with Crippen LogP contribution >= 0.6 is 11.3 Å². The Morgan fingerprint density at radius 2 is 2.00 bits per heavy atom. The topological polar surface area (TPSA) is 64.9 Å². The van der Waals surface area contributed by atoms with E-state index >= 15 is 0 Å². The quantitative estimate of drug-likeness (QED) is 0.871. The highest BCUT2D eigenvalue weighted by Crippen LogP contribution is 2.37. The maximum Gasteiger partial charge on any atom is 0.261 e. The zero-order chi connectivity index (χ0) is 11.9. The number of nitrogens with zero attached hydrogens (tertiary/aromatic N) is 2. The molecular weight excluding hydrogens is 222 g/mol. The van der Waals surface area contributed by atoms with Crippen LogP contribution in [-0.2, 0) is 0 Å². The van der Waals surface area contributed by atoms with Crippen molar-refractivity contribution in [3.05, 3.63) is 16.3 Å². The molecule has 0 spiro atoms. The van der Waals surface area contributed by atoms with Crippen LogP contribution in [0.2, 0.25) is 0 Å². The molecule has 0 aliphatic carbocycles.